The Balaban J connectivity index is 1.95. The number of aromatic nitrogens is 4. The smallest absolute Gasteiger partial charge is 0.422 e. The van der Waals surface area contributed by atoms with Crippen molar-refractivity contribution in [2.45, 2.75) is 25.2 Å². The molecule has 0 fully saturated rings. The Kier molecular flexibility index (Phi) is 5.73. The first kappa shape index (κ1) is 19.9. The van der Waals surface area contributed by atoms with Gasteiger partial charge in [0.25, 0.3) is 5.56 Å². The third-order valence-electron chi connectivity index (χ3n) is 3.42. The highest BCUT2D eigenvalue weighted by Gasteiger charge is 2.28. The van der Waals surface area contributed by atoms with Gasteiger partial charge in [0.15, 0.2) is 11.8 Å². The van der Waals surface area contributed by atoms with Gasteiger partial charge in [0.05, 0.1) is 5.69 Å². The van der Waals surface area contributed by atoms with Crippen LogP contribution in [-0.4, -0.2) is 38.2 Å². The van der Waals surface area contributed by atoms with Crippen LogP contribution in [0.4, 0.5) is 13.2 Å². The molecule has 0 N–H and O–H groups in total. The van der Waals surface area contributed by atoms with Gasteiger partial charge in [0, 0.05) is 13.0 Å². The second-order valence-electron chi connectivity index (χ2n) is 5.57. The van der Waals surface area contributed by atoms with E-state index in [2.05, 4.69) is 19.9 Å². The monoisotopic (exact) mass is 412 g/mol. The second-order valence-corrected chi connectivity index (χ2v) is 6.80. The summed E-state index contributed by atoms with van der Waals surface area (Å²) in [5, 5.41) is 4.17. The quantitative estimate of drug-likeness (QED) is 0.451. The number of nitrogens with zero attached hydrogens (tertiary/aromatic N) is 4. The number of ether oxygens (including phenoxy) is 1. The normalized spacial score (nSPS) is 11.6. The van der Waals surface area contributed by atoms with Crippen molar-refractivity contribution in [1.82, 2.24) is 19.7 Å². The van der Waals surface area contributed by atoms with Gasteiger partial charge in [-0.1, -0.05) is 23.8 Å². The van der Waals surface area contributed by atoms with E-state index in [0.29, 0.717) is 22.5 Å². The molecule has 0 saturated heterocycles. The summed E-state index contributed by atoms with van der Waals surface area (Å²) in [6.45, 7) is 2.14. The lowest BCUT2D eigenvalue weighted by molar-refractivity contribution is -0.153. The van der Waals surface area contributed by atoms with Gasteiger partial charge >= 0.3 is 6.18 Å². The van der Waals surface area contributed by atoms with Gasteiger partial charge in [0.2, 0.25) is 11.7 Å². The van der Waals surface area contributed by atoms with Crippen LogP contribution in [0.25, 0.3) is 17.2 Å². The first-order chi connectivity index (χ1) is 13.3. The zero-order valence-corrected chi connectivity index (χ0v) is 15.7. The molecule has 1 aromatic carbocycles. The van der Waals surface area contributed by atoms with Crippen LogP contribution in [0.5, 0.6) is 5.75 Å². The standard InChI is InChI=1S/C17H15F3N4O3S/c1-3-28-16-22-13(15-21-10(2)27-23-15)8-14(25)24(16)11-4-6-12(7-5-11)26-9-17(18,19)20/h4-8H,3,9H2,1-2H3. The Labute approximate surface area is 161 Å². The van der Waals surface area contributed by atoms with Gasteiger partial charge in [-0.3, -0.25) is 9.36 Å². The summed E-state index contributed by atoms with van der Waals surface area (Å²) in [6, 6.07) is 6.99. The van der Waals surface area contributed by atoms with E-state index in [0.717, 1.165) is 0 Å². The van der Waals surface area contributed by atoms with Crippen molar-refractivity contribution >= 4 is 11.8 Å². The molecule has 0 radical (unpaired) electrons. The van der Waals surface area contributed by atoms with Crippen molar-refractivity contribution in [3.63, 3.8) is 0 Å². The van der Waals surface area contributed by atoms with Crippen LogP contribution in [0.2, 0.25) is 0 Å². The molecule has 0 aliphatic heterocycles. The molecule has 0 aliphatic rings. The summed E-state index contributed by atoms with van der Waals surface area (Å²) < 4.78 is 47.7. The number of rotatable bonds is 6. The predicted octanol–water partition coefficient (Wildman–Crippen LogP) is 3.64. The van der Waals surface area contributed by atoms with Crippen molar-refractivity contribution in [3.05, 3.63) is 46.6 Å². The SMILES string of the molecule is CCSc1nc(-c2noc(C)n2)cc(=O)n1-c1ccc(OCC(F)(F)F)cc1. The summed E-state index contributed by atoms with van der Waals surface area (Å²) in [7, 11) is 0. The molecule has 0 spiro atoms. The summed E-state index contributed by atoms with van der Waals surface area (Å²) in [5.74, 6) is 1.25. The number of halogens is 3. The molecule has 0 amide bonds. The Bertz CT molecular complexity index is 1020. The number of aryl methyl sites for hydroxylation is 1. The topological polar surface area (TPSA) is 83.0 Å². The van der Waals surface area contributed by atoms with Gasteiger partial charge in [0.1, 0.15) is 11.4 Å². The van der Waals surface area contributed by atoms with Gasteiger partial charge in [-0.15, -0.1) is 0 Å². The molecule has 2 aromatic heterocycles. The number of hydrogen-bond donors (Lipinski definition) is 0. The number of thioether (sulfide) groups is 1. The Hall–Kier alpha value is -2.82. The van der Waals surface area contributed by atoms with Crippen LogP contribution in [0.3, 0.4) is 0 Å². The minimum absolute atomic E-state index is 0.0469. The summed E-state index contributed by atoms with van der Waals surface area (Å²) in [4.78, 5) is 21.2. The van der Waals surface area contributed by atoms with E-state index in [9.17, 15) is 18.0 Å². The molecule has 148 valence electrons. The molecule has 0 bridgehead atoms. The maximum atomic E-state index is 12.7. The van der Waals surface area contributed by atoms with Crippen molar-refractivity contribution in [1.29, 1.82) is 0 Å². The predicted molar refractivity (Wildman–Crippen MR) is 95.8 cm³/mol. The maximum absolute atomic E-state index is 12.7. The third-order valence-corrected chi connectivity index (χ3v) is 4.24. The van der Waals surface area contributed by atoms with Crippen LogP contribution in [0, 0.1) is 6.92 Å². The molecule has 28 heavy (non-hydrogen) atoms. The van der Waals surface area contributed by atoms with Gasteiger partial charge in [-0.05, 0) is 30.0 Å². The molecule has 3 rings (SSSR count). The van der Waals surface area contributed by atoms with E-state index >= 15 is 0 Å². The molecule has 2 heterocycles. The minimum atomic E-state index is -4.42. The molecule has 3 aromatic rings. The zero-order chi connectivity index (χ0) is 20.3. The summed E-state index contributed by atoms with van der Waals surface area (Å²) in [6.07, 6.45) is -4.42. The average Bonchev–Trinajstić information content (AvgIpc) is 3.06. The molecule has 0 aliphatic carbocycles. The lowest BCUT2D eigenvalue weighted by atomic mass is 10.3. The second kappa shape index (κ2) is 8.05. The van der Waals surface area contributed by atoms with Crippen LogP contribution in [-0.2, 0) is 0 Å². The van der Waals surface area contributed by atoms with Crippen molar-refractivity contribution in [2.75, 3.05) is 12.4 Å². The largest absolute Gasteiger partial charge is 0.484 e. The summed E-state index contributed by atoms with van der Waals surface area (Å²) >= 11 is 1.33. The van der Waals surface area contributed by atoms with Crippen LogP contribution in [0.15, 0.2) is 44.8 Å². The van der Waals surface area contributed by atoms with E-state index in [-0.39, 0.29) is 22.8 Å². The highest BCUT2D eigenvalue weighted by Crippen LogP contribution is 2.24. The molecular formula is C17H15F3N4O3S. The molecular weight excluding hydrogens is 397 g/mol. The zero-order valence-electron chi connectivity index (χ0n) is 14.9. The molecule has 11 heteroatoms. The summed E-state index contributed by atoms with van der Waals surface area (Å²) in [5.41, 5.74) is 0.343. The average molecular weight is 412 g/mol. The first-order valence-electron chi connectivity index (χ1n) is 8.14. The first-order valence-corrected chi connectivity index (χ1v) is 9.13. The Morgan fingerprint density at radius 1 is 1.21 bits per heavy atom. The van der Waals surface area contributed by atoms with Gasteiger partial charge in [-0.25, -0.2) is 4.98 Å². The van der Waals surface area contributed by atoms with E-state index in [1.807, 2.05) is 6.92 Å². The Morgan fingerprint density at radius 2 is 1.93 bits per heavy atom. The molecule has 0 unspecified atom stereocenters. The van der Waals surface area contributed by atoms with Crippen molar-refractivity contribution < 1.29 is 22.4 Å². The van der Waals surface area contributed by atoms with Crippen LogP contribution < -0.4 is 10.3 Å². The molecule has 0 saturated carbocycles. The van der Waals surface area contributed by atoms with E-state index in [1.54, 1.807) is 6.92 Å². The number of benzene rings is 1. The fourth-order valence-electron chi connectivity index (χ4n) is 2.30. The highest BCUT2D eigenvalue weighted by atomic mass is 32.2. The van der Waals surface area contributed by atoms with E-state index in [4.69, 9.17) is 4.52 Å². The van der Waals surface area contributed by atoms with E-state index in [1.165, 1.54) is 46.7 Å². The van der Waals surface area contributed by atoms with Crippen molar-refractivity contribution in [3.8, 4) is 23.0 Å². The van der Waals surface area contributed by atoms with Gasteiger partial charge < -0.3 is 9.26 Å². The maximum Gasteiger partial charge on any atom is 0.422 e. The minimum Gasteiger partial charge on any atom is -0.484 e. The van der Waals surface area contributed by atoms with E-state index < -0.39 is 12.8 Å². The fourth-order valence-corrected chi connectivity index (χ4v) is 3.04. The third kappa shape index (κ3) is 4.71. The number of alkyl halides is 3. The Morgan fingerprint density at radius 3 is 2.50 bits per heavy atom. The number of hydrogen-bond acceptors (Lipinski definition) is 7. The lowest BCUT2D eigenvalue weighted by Gasteiger charge is -2.13. The van der Waals surface area contributed by atoms with Gasteiger partial charge in [-0.2, -0.15) is 18.2 Å². The van der Waals surface area contributed by atoms with Crippen LogP contribution in [0.1, 0.15) is 12.8 Å². The lowest BCUT2D eigenvalue weighted by Crippen LogP contribution is -2.21. The highest BCUT2D eigenvalue weighted by molar-refractivity contribution is 7.99. The fraction of sp³-hybridized carbons (Fsp3) is 0.294. The molecule has 7 nitrogen and oxygen atoms in total. The van der Waals surface area contributed by atoms with Crippen LogP contribution >= 0.6 is 11.8 Å². The van der Waals surface area contributed by atoms with Crippen molar-refractivity contribution in [2.24, 2.45) is 0 Å². The molecule has 0 atom stereocenters.